The maximum atomic E-state index is 13.6. The third-order valence-corrected chi connectivity index (χ3v) is 3.08. The lowest BCUT2D eigenvalue weighted by Gasteiger charge is -2.13. The van der Waals surface area contributed by atoms with Crippen molar-refractivity contribution in [3.63, 3.8) is 0 Å². The molecule has 22 heavy (non-hydrogen) atoms. The minimum atomic E-state index is -0.978. The SMILES string of the molecule is Cc1ccc(NC(=O)NCC(O)c2ccc(F)cc2)c(F)c1. The highest BCUT2D eigenvalue weighted by Crippen LogP contribution is 2.15. The number of nitrogens with one attached hydrogen (secondary N) is 2. The van der Waals surface area contributed by atoms with Gasteiger partial charge in [-0.15, -0.1) is 0 Å². The zero-order chi connectivity index (χ0) is 16.1. The number of aliphatic hydroxyl groups excluding tert-OH is 1. The van der Waals surface area contributed by atoms with Crippen molar-refractivity contribution >= 4 is 11.7 Å². The van der Waals surface area contributed by atoms with Crippen LogP contribution >= 0.6 is 0 Å². The predicted molar refractivity (Wildman–Crippen MR) is 79.5 cm³/mol. The lowest BCUT2D eigenvalue weighted by atomic mass is 10.1. The molecule has 1 unspecified atom stereocenters. The number of halogens is 2. The van der Waals surface area contributed by atoms with E-state index in [2.05, 4.69) is 10.6 Å². The Balaban J connectivity index is 1.88. The van der Waals surface area contributed by atoms with E-state index in [0.29, 0.717) is 5.56 Å². The molecule has 2 aromatic rings. The summed E-state index contributed by atoms with van der Waals surface area (Å²) in [5.74, 6) is -0.939. The van der Waals surface area contributed by atoms with Gasteiger partial charge in [-0.05, 0) is 42.3 Å². The Morgan fingerprint density at radius 2 is 1.86 bits per heavy atom. The van der Waals surface area contributed by atoms with E-state index in [4.69, 9.17) is 0 Å². The van der Waals surface area contributed by atoms with E-state index in [0.717, 1.165) is 5.56 Å². The molecule has 6 heteroatoms. The molecular formula is C16H16F2N2O2. The summed E-state index contributed by atoms with van der Waals surface area (Å²) in [6.45, 7) is 1.66. The van der Waals surface area contributed by atoms with Crippen LogP contribution in [0.15, 0.2) is 42.5 Å². The standard InChI is InChI=1S/C16H16F2N2O2/c1-10-2-7-14(13(18)8-10)20-16(22)19-9-15(21)11-3-5-12(17)6-4-11/h2-8,15,21H,9H2,1H3,(H2,19,20,22). The molecule has 4 nitrogen and oxygen atoms in total. The molecule has 116 valence electrons. The summed E-state index contributed by atoms with van der Waals surface area (Å²) in [4.78, 5) is 11.7. The number of aliphatic hydroxyl groups is 1. The summed E-state index contributed by atoms with van der Waals surface area (Å²) in [5.41, 5.74) is 1.28. The highest BCUT2D eigenvalue weighted by molar-refractivity contribution is 5.89. The number of hydrogen-bond donors (Lipinski definition) is 3. The summed E-state index contributed by atoms with van der Waals surface area (Å²) in [6.07, 6.45) is -0.978. The first-order valence-electron chi connectivity index (χ1n) is 6.70. The van der Waals surface area contributed by atoms with Crippen molar-refractivity contribution in [3.8, 4) is 0 Å². The van der Waals surface area contributed by atoms with Crippen molar-refractivity contribution in [2.45, 2.75) is 13.0 Å². The number of urea groups is 1. The van der Waals surface area contributed by atoms with E-state index in [1.54, 1.807) is 13.0 Å². The number of amides is 2. The van der Waals surface area contributed by atoms with Crippen molar-refractivity contribution in [1.82, 2.24) is 5.32 Å². The van der Waals surface area contributed by atoms with Gasteiger partial charge >= 0.3 is 6.03 Å². The Labute approximate surface area is 126 Å². The minimum Gasteiger partial charge on any atom is -0.387 e. The Morgan fingerprint density at radius 3 is 2.50 bits per heavy atom. The lowest BCUT2D eigenvalue weighted by Crippen LogP contribution is -2.32. The van der Waals surface area contributed by atoms with Crippen LogP contribution in [0.4, 0.5) is 19.3 Å². The van der Waals surface area contributed by atoms with Crippen molar-refractivity contribution in [2.24, 2.45) is 0 Å². The number of rotatable bonds is 4. The number of benzene rings is 2. The molecular weight excluding hydrogens is 290 g/mol. The third-order valence-electron chi connectivity index (χ3n) is 3.08. The number of carbonyl (C=O) groups is 1. The summed E-state index contributed by atoms with van der Waals surface area (Å²) in [5, 5.41) is 14.7. The van der Waals surface area contributed by atoms with Gasteiger partial charge in [-0.1, -0.05) is 18.2 Å². The molecule has 0 aromatic heterocycles. The van der Waals surface area contributed by atoms with E-state index < -0.39 is 23.8 Å². The topological polar surface area (TPSA) is 61.4 Å². The zero-order valence-corrected chi connectivity index (χ0v) is 11.9. The molecule has 0 saturated carbocycles. The van der Waals surface area contributed by atoms with Crippen molar-refractivity contribution in [3.05, 3.63) is 65.2 Å². The smallest absolute Gasteiger partial charge is 0.319 e. The Kier molecular flexibility index (Phi) is 5.06. The molecule has 0 fully saturated rings. The summed E-state index contributed by atoms with van der Waals surface area (Å²) in [7, 11) is 0. The molecule has 0 saturated heterocycles. The van der Waals surface area contributed by atoms with Gasteiger partial charge in [0.05, 0.1) is 11.8 Å². The Bertz CT molecular complexity index is 660. The quantitative estimate of drug-likeness (QED) is 0.812. The molecule has 0 aliphatic heterocycles. The Morgan fingerprint density at radius 1 is 1.18 bits per heavy atom. The number of carbonyl (C=O) groups excluding carboxylic acids is 1. The van der Waals surface area contributed by atoms with Gasteiger partial charge in [0.25, 0.3) is 0 Å². The molecule has 0 bridgehead atoms. The number of hydrogen-bond acceptors (Lipinski definition) is 2. The van der Waals surface area contributed by atoms with Crippen LogP contribution in [0.3, 0.4) is 0 Å². The molecule has 2 aromatic carbocycles. The van der Waals surface area contributed by atoms with E-state index in [-0.39, 0.29) is 12.2 Å². The molecule has 0 heterocycles. The average molecular weight is 306 g/mol. The molecule has 3 N–H and O–H groups in total. The maximum absolute atomic E-state index is 13.6. The second-order valence-electron chi connectivity index (χ2n) is 4.89. The molecule has 0 aliphatic rings. The fraction of sp³-hybridized carbons (Fsp3) is 0.188. The van der Waals surface area contributed by atoms with Crippen LogP contribution in [0.5, 0.6) is 0 Å². The zero-order valence-electron chi connectivity index (χ0n) is 11.9. The van der Waals surface area contributed by atoms with Gasteiger partial charge in [0, 0.05) is 6.54 Å². The number of anilines is 1. The van der Waals surface area contributed by atoms with Gasteiger partial charge in [-0.25, -0.2) is 13.6 Å². The fourth-order valence-electron chi connectivity index (χ4n) is 1.88. The van der Waals surface area contributed by atoms with E-state index in [1.165, 1.54) is 36.4 Å². The van der Waals surface area contributed by atoms with Crippen LogP contribution < -0.4 is 10.6 Å². The van der Waals surface area contributed by atoms with E-state index in [9.17, 15) is 18.7 Å². The van der Waals surface area contributed by atoms with Crippen molar-refractivity contribution in [1.29, 1.82) is 0 Å². The largest absolute Gasteiger partial charge is 0.387 e. The van der Waals surface area contributed by atoms with Gasteiger partial charge in [0.15, 0.2) is 0 Å². The van der Waals surface area contributed by atoms with Crippen LogP contribution in [0, 0.1) is 18.6 Å². The highest BCUT2D eigenvalue weighted by atomic mass is 19.1. The molecule has 0 spiro atoms. The predicted octanol–water partition coefficient (Wildman–Crippen LogP) is 3.13. The summed E-state index contributed by atoms with van der Waals surface area (Å²) >= 11 is 0. The van der Waals surface area contributed by atoms with Crippen LogP contribution in [0.1, 0.15) is 17.2 Å². The van der Waals surface area contributed by atoms with Gasteiger partial charge in [0.1, 0.15) is 11.6 Å². The third kappa shape index (κ3) is 4.26. The van der Waals surface area contributed by atoms with Gasteiger partial charge in [-0.3, -0.25) is 0 Å². The number of aryl methyl sites for hydroxylation is 1. The molecule has 1 atom stereocenters. The van der Waals surface area contributed by atoms with E-state index in [1.807, 2.05) is 0 Å². The Hall–Kier alpha value is -2.47. The summed E-state index contributed by atoms with van der Waals surface area (Å²) < 4.78 is 26.4. The van der Waals surface area contributed by atoms with Crippen LogP contribution in [-0.2, 0) is 0 Å². The lowest BCUT2D eigenvalue weighted by molar-refractivity contribution is 0.175. The van der Waals surface area contributed by atoms with Gasteiger partial charge in [0.2, 0.25) is 0 Å². The molecule has 0 aliphatic carbocycles. The first-order valence-corrected chi connectivity index (χ1v) is 6.70. The fourth-order valence-corrected chi connectivity index (χ4v) is 1.88. The van der Waals surface area contributed by atoms with Crippen LogP contribution in [0.25, 0.3) is 0 Å². The second-order valence-corrected chi connectivity index (χ2v) is 4.89. The first-order chi connectivity index (χ1) is 10.5. The average Bonchev–Trinajstić information content (AvgIpc) is 2.48. The van der Waals surface area contributed by atoms with E-state index >= 15 is 0 Å². The highest BCUT2D eigenvalue weighted by Gasteiger charge is 2.11. The monoisotopic (exact) mass is 306 g/mol. The molecule has 2 rings (SSSR count). The van der Waals surface area contributed by atoms with Crippen LogP contribution in [0.2, 0.25) is 0 Å². The normalized spacial score (nSPS) is 11.8. The van der Waals surface area contributed by atoms with Gasteiger partial charge in [-0.2, -0.15) is 0 Å². The second kappa shape index (κ2) is 7.00. The van der Waals surface area contributed by atoms with Crippen molar-refractivity contribution in [2.75, 3.05) is 11.9 Å². The first kappa shape index (κ1) is 15.9. The van der Waals surface area contributed by atoms with Crippen LogP contribution in [-0.4, -0.2) is 17.7 Å². The maximum Gasteiger partial charge on any atom is 0.319 e. The van der Waals surface area contributed by atoms with Crippen molar-refractivity contribution < 1.29 is 18.7 Å². The molecule has 2 amide bonds. The minimum absolute atomic E-state index is 0.0550. The summed E-state index contributed by atoms with van der Waals surface area (Å²) in [6, 6.07) is 9.11. The molecule has 0 radical (unpaired) electrons. The van der Waals surface area contributed by atoms with Gasteiger partial charge < -0.3 is 15.7 Å².